The van der Waals surface area contributed by atoms with Crippen LogP contribution in [-0.4, -0.2) is 16.5 Å². The molecule has 3 heteroatoms. The van der Waals surface area contributed by atoms with Crippen molar-refractivity contribution in [1.82, 2.24) is 9.97 Å². The van der Waals surface area contributed by atoms with Crippen LogP contribution in [0.1, 0.15) is 31.2 Å². The van der Waals surface area contributed by atoms with E-state index in [0.29, 0.717) is 5.92 Å². The Labute approximate surface area is 95.7 Å². The molecule has 1 aromatic heterocycles. The van der Waals surface area contributed by atoms with Crippen LogP contribution < -0.4 is 5.73 Å². The summed E-state index contributed by atoms with van der Waals surface area (Å²) in [6.45, 7) is 2.99. The van der Waals surface area contributed by atoms with E-state index in [2.05, 4.69) is 29.0 Å². The molecule has 2 rings (SSSR count). The monoisotopic (exact) mass is 215 g/mol. The molecule has 0 bridgehead atoms. The van der Waals surface area contributed by atoms with Gasteiger partial charge in [-0.3, -0.25) is 9.97 Å². The number of hydrogen-bond acceptors (Lipinski definition) is 3. The molecular formula is C13H17N3. The zero-order valence-corrected chi connectivity index (χ0v) is 9.56. The quantitative estimate of drug-likeness (QED) is 0.852. The fraction of sp³-hybridized carbons (Fsp3) is 0.385. The number of rotatable bonds is 4. The second-order valence-electron chi connectivity index (χ2n) is 4.14. The summed E-state index contributed by atoms with van der Waals surface area (Å²) in [6.07, 6.45) is 5.65. The smallest absolute Gasteiger partial charge is 0.0889 e. The topological polar surface area (TPSA) is 51.8 Å². The van der Waals surface area contributed by atoms with Crippen molar-refractivity contribution < 1.29 is 0 Å². The van der Waals surface area contributed by atoms with Crippen molar-refractivity contribution in [2.75, 3.05) is 6.54 Å². The first-order valence-electron chi connectivity index (χ1n) is 5.72. The molecule has 1 heterocycles. The predicted octanol–water partition coefficient (Wildman–Crippen LogP) is 2.47. The fourth-order valence-electron chi connectivity index (χ4n) is 1.88. The van der Waals surface area contributed by atoms with Crippen LogP contribution in [0, 0.1) is 0 Å². The maximum atomic E-state index is 5.52. The van der Waals surface area contributed by atoms with Gasteiger partial charge in [0.05, 0.1) is 11.0 Å². The maximum Gasteiger partial charge on any atom is 0.0889 e. The fourth-order valence-corrected chi connectivity index (χ4v) is 1.88. The van der Waals surface area contributed by atoms with E-state index in [1.807, 2.05) is 6.07 Å². The van der Waals surface area contributed by atoms with Crippen LogP contribution in [0.25, 0.3) is 11.0 Å². The molecule has 0 aliphatic rings. The summed E-state index contributed by atoms with van der Waals surface area (Å²) in [7, 11) is 0. The Balaban J connectivity index is 2.25. The van der Waals surface area contributed by atoms with Gasteiger partial charge in [0.1, 0.15) is 0 Å². The number of benzene rings is 1. The Morgan fingerprint density at radius 3 is 2.69 bits per heavy atom. The van der Waals surface area contributed by atoms with E-state index in [9.17, 15) is 0 Å². The van der Waals surface area contributed by atoms with Gasteiger partial charge in [0.25, 0.3) is 0 Å². The van der Waals surface area contributed by atoms with Crippen LogP contribution in [0.4, 0.5) is 0 Å². The van der Waals surface area contributed by atoms with E-state index < -0.39 is 0 Å². The molecule has 0 amide bonds. The van der Waals surface area contributed by atoms with Crippen LogP contribution in [0.2, 0.25) is 0 Å². The highest BCUT2D eigenvalue weighted by molar-refractivity contribution is 5.74. The first-order valence-corrected chi connectivity index (χ1v) is 5.72. The molecule has 3 nitrogen and oxygen atoms in total. The summed E-state index contributed by atoms with van der Waals surface area (Å²) in [5.41, 5.74) is 8.77. The average Bonchev–Trinajstić information content (AvgIpc) is 2.35. The van der Waals surface area contributed by atoms with Crippen molar-refractivity contribution in [3.63, 3.8) is 0 Å². The number of hydrogen-bond donors (Lipinski definition) is 1. The van der Waals surface area contributed by atoms with E-state index in [1.54, 1.807) is 12.4 Å². The zero-order chi connectivity index (χ0) is 11.4. The van der Waals surface area contributed by atoms with E-state index in [-0.39, 0.29) is 0 Å². The lowest BCUT2D eigenvalue weighted by Crippen LogP contribution is -2.02. The number of nitrogens with zero attached hydrogens (tertiary/aromatic N) is 2. The van der Waals surface area contributed by atoms with Crippen molar-refractivity contribution in [2.24, 2.45) is 5.73 Å². The minimum absolute atomic E-state index is 0.537. The molecule has 0 aliphatic heterocycles. The Morgan fingerprint density at radius 2 is 1.94 bits per heavy atom. The van der Waals surface area contributed by atoms with Crippen molar-refractivity contribution >= 4 is 11.0 Å². The second-order valence-corrected chi connectivity index (χ2v) is 4.14. The third kappa shape index (κ3) is 2.36. The summed E-state index contributed by atoms with van der Waals surface area (Å²) in [5, 5.41) is 0. The van der Waals surface area contributed by atoms with Gasteiger partial charge in [-0.25, -0.2) is 0 Å². The van der Waals surface area contributed by atoms with Crippen molar-refractivity contribution in [3.8, 4) is 0 Å². The van der Waals surface area contributed by atoms with Crippen LogP contribution in [0.15, 0.2) is 30.6 Å². The standard InChI is InChI=1S/C13H17N3/c1-10(3-2-6-14)11-4-5-12-13(9-11)16-8-7-15-12/h4-5,7-10H,2-3,6,14H2,1H3. The largest absolute Gasteiger partial charge is 0.330 e. The minimum atomic E-state index is 0.537. The summed E-state index contributed by atoms with van der Waals surface area (Å²) in [6, 6.07) is 6.30. The van der Waals surface area contributed by atoms with Crippen molar-refractivity contribution in [2.45, 2.75) is 25.7 Å². The molecule has 2 N–H and O–H groups in total. The van der Waals surface area contributed by atoms with Crippen LogP contribution >= 0.6 is 0 Å². The van der Waals surface area contributed by atoms with E-state index in [4.69, 9.17) is 5.73 Å². The molecule has 0 saturated heterocycles. The molecule has 0 aliphatic carbocycles. The van der Waals surface area contributed by atoms with E-state index in [1.165, 1.54) is 5.56 Å². The normalized spacial score (nSPS) is 12.9. The van der Waals surface area contributed by atoms with Gasteiger partial charge in [0, 0.05) is 12.4 Å². The Morgan fingerprint density at radius 1 is 1.19 bits per heavy atom. The molecule has 2 aromatic rings. The van der Waals surface area contributed by atoms with Gasteiger partial charge in [0.15, 0.2) is 0 Å². The number of fused-ring (bicyclic) bond motifs is 1. The van der Waals surface area contributed by atoms with E-state index >= 15 is 0 Å². The summed E-state index contributed by atoms with van der Waals surface area (Å²) >= 11 is 0. The number of aromatic nitrogens is 2. The lowest BCUT2D eigenvalue weighted by Gasteiger charge is -2.11. The molecular weight excluding hydrogens is 198 g/mol. The highest BCUT2D eigenvalue weighted by Crippen LogP contribution is 2.22. The van der Waals surface area contributed by atoms with Crippen molar-refractivity contribution in [1.29, 1.82) is 0 Å². The lowest BCUT2D eigenvalue weighted by atomic mass is 9.96. The highest BCUT2D eigenvalue weighted by Gasteiger charge is 2.06. The molecule has 0 radical (unpaired) electrons. The first-order chi connectivity index (χ1) is 7.81. The van der Waals surface area contributed by atoms with E-state index in [0.717, 1.165) is 30.4 Å². The molecule has 16 heavy (non-hydrogen) atoms. The summed E-state index contributed by atoms with van der Waals surface area (Å²) in [4.78, 5) is 8.58. The van der Waals surface area contributed by atoms with Gasteiger partial charge in [-0.2, -0.15) is 0 Å². The second kappa shape index (κ2) is 5.03. The van der Waals surface area contributed by atoms with Gasteiger partial charge in [0.2, 0.25) is 0 Å². The van der Waals surface area contributed by atoms with Crippen molar-refractivity contribution in [3.05, 3.63) is 36.2 Å². The van der Waals surface area contributed by atoms with Gasteiger partial charge in [-0.1, -0.05) is 13.0 Å². The third-order valence-corrected chi connectivity index (χ3v) is 2.90. The SMILES string of the molecule is CC(CCCN)c1ccc2nccnc2c1. The maximum absolute atomic E-state index is 5.52. The first kappa shape index (κ1) is 11.0. The van der Waals surface area contributed by atoms with Crippen LogP contribution in [0.3, 0.4) is 0 Å². The minimum Gasteiger partial charge on any atom is -0.330 e. The molecule has 1 aromatic carbocycles. The molecule has 0 fully saturated rings. The van der Waals surface area contributed by atoms with Gasteiger partial charge >= 0.3 is 0 Å². The Kier molecular flexibility index (Phi) is 3.47. The summed E-state index contributed by atoms with van der Waals surface area (Å²) in [5.74, 6) is 0.537. The highest BCUT2D eigenvalue weighted by atomic mass is 14.8. The average molecular weight is 215 g/mol. The molecule has 0 spiro atoms. The third-order valence-electron chi connectivity index (χ3n) is 2.90. The van der Waals surface area contributed by atoms with Gasteiger partial charge in [-0.05, 0) is 43.0 Å². The van der Waals surface area contributed by atoms with Gasteiger partial charge < -0.3 is 5.73 Å². The Hall–Kier alpha value is -1.48. The molecule has 1 atom stereocenters. The molecule has 84 valence electrons. The van der Waals surface area contributed by atoms with Gasteiger partial charge in [-0.15, -0.1) is 0 Å². The predicted molar refractivity (Wildman–Crippen MR) is 66.2 cm³/mol. The van der Waals surface area contributed by atoms with Crippen LogP contribution in [0.5, 0.6) is 0 Å². The van der Waals surface area contributed by atoms with Crippen LogP contribution in [-0.2, 0) is 0 Å². The number of nitrogens with two attached hydrogens (primary N) is 1. The molecule has 1 unspecified atom stereocenters. The summed E-state index contributed by atoms with van der Waals surface area (Å²) < 4.78 is 0. The molecule has 0 saturated carbocycles. The lowest BCUT2D eigenvalue weighted by molar-refractivity contribution is 0.641. The zero-order valence-electron chi connectivity index (χ0n) is 9.56. The Bertz CT molecular complexity index is 467.